The van der Waals surface area contributed by atoms with Gasteiger partial charge in [-0.25, -0.2) is 0 Å². The quantitative estimate of drug-likeness (QED) is 0.749. The lowest BCUT2D eigenvalue weighted by atomic mass is 9.92. The highest BCUT2D eigenvalue weighted by molar-refractivity contribution is 5.85. The summed E-state index contributed by atoms with van der Waals surface area (Å²) in [5, 5.41) is 6.55. The van der Waals surface area contributed by atoms with E-state index < -0.39 is 0 Å². The number of hydrogen-bond acceptors (Lipinski definition) is 4. The van der Waals surface area contributed by atoms with Gasteiger partial charge in [-0.3, -0.25) is 9.59 Å². The first-order valence-electron chi connectivity index (χ1n) is 10.2. The number of piperidine rings is 1. The van der Waals surface area contributed by atoms with Crippen LogP contribution < -0.4 is 10.6 Å². The largest absolute Gasteiger partial charge is 0.353 e. The lowest BCUT2D eigenvalue weighted by molar-refractivity contribution is -0.132. The van der Waals surface area contributed by atoms with E-state index >= 15 is 0 Å². The maximum atomic E-state index is 12.4. The number of piperazine rings is 1. The molecule has 0 spiro atoms. The van der Waals surface area contributed by atoms with Gasteiger partial charge in [-0.2, -0.15) is 0 Å². The smallest absolute Gasteiger partial charge is 0.223 e. The molecule has 0 aromatic rings. The van der Waals surface area contributed by atoms with Crippen molar-refractivity contribution in [2.45, 2.75) is 57.4 Å². The summed E-state index contributed by atoms with van der Waals surface area (Å²) in [4.78, 5) is 29.0. The second kappa shape index (κ2) is 11.1. The maximum absolute atomic E-state index is 12.4. The van der Waals surface area contributed by atoms with E-state index in [2.05, 4.69) is 15.5 Å². The van der Waals surface area contributed by atoms with Gasteiger partial charge in [0.25, 0.3) is 0 Å². The molecule has 0 bridgehead atoms. The van der Waals surface area contributed by atoms with Crippen LogP contribution in [0, 0.1) is 5.92 Å². The minimum atomic E-state index is 0. The second-order valence-electron chi connectivity index (χ2n) is 7.84. The van der Waals surface area contributed by atoms with E-state index in [9.17, 15) is 9.59 Å². The first kappa shape index (κ1) is 21.5. The number of nitrogens with zero attached hydrogens (tertiary/aromatic N) is 2. The number of rotatable bonds is 5. The molecule has 3 aliphatic rings. The maximum Gasteiger partial charge on any atom is 0.223 e. The Morgan fingerprint density at radius 1 is 0.923 bits per heavy atom. The van der Waals surface area contributed by atoms with Crippen LogP contribution in [0.3, 0.4) is 0 Å². The highest BCUT2D eigenvalue weighted by Crippen LogP contribution is 2.21. The Hall–Kier alpha value is -0.850. The predicted octanol–water partition coefficient (Wildman–Crippen LogP) is 1.39. The lowest BCUT2D eigenvalue weighted by Gasteiger charge is -2.33. The third kappa shape index (κ3) is 6.39. The van der Waals surface area contributed by atoms with Crippen LogP contribution in [0.4, 0.5) is 0 Å². The third-order valence-corrected chi connectivity index (χ3v) is 6.02. The van der Waals surface area contributed by atoms with Crippen molar-refractivity contribution in [3.63, 3.8) is 0 Å². The molecule has 6 nitrogen and oxygen atoms in total. The molecule has 7 heteroatoms. The van der Waals surface area contributed by atoms with Gasteiger partial charge in [-0.15, -0.1) is 12.4 Å². The molecule has 3 rings (SSSR count). The number of hydrogen-bond donors (Lipinski definition) is 2. The molecule has 150 valence electrons. The predicted molar refractivity (Wildman–Crippen MR) is 105 cm³/mol. The van der Waals surface area contributed by atoms with Gasteiger partial charge in [0.15, 0.2) is 0 Å². The Balaban J connectivity index is 0.00000243. The number of amides is 2. The van der Waals surface area contributed by atoms with Crippen LogP contribution in [0.25, 0.3) is 0 Å². The average molecular weight is 387 g/mol. The van der Waals surface area contributed by atoms with E-state index in [0.29, 0.717) is 12.5 Å². The van der Waals surface area contributed by atoms with Crippen molar-refractivity contribution in [2.24, 2.45) is 5.92 Å². The molecule has 2 aliphatic heterocycles. The van der Waals surface area contributed by atoms with E-state index in [1.54, 1.807) is 0 Å². The van der Waals surface area contributed by atoms with Gasteiger partial charge in [0.2, 0.25) is 11.8 Å². The Bertz CT molecular complexity index is 443. The van der Waals surface area contributed by atoms with Crippen LogP contribution in [0.2, 0.25) is 0 Å². The molecule has 0 aromatic carbocycles. The zero-order valence-electron chi connectivity index (χ0n) is 15.9. The van der Waals surface area contributed by atoms with Crippen LogP contribution in [0.5, 0.6) is 0 Å². The van der Waals surface area contributed by atoms with Crippen molar-refractivity contribution in [3.05, 3.63) is 0 Å². The molecule has 1 saturated carbocycles. The van der Waals surface area contributed by atoms with Crippen molar-refractivity contribution in [2.75, 3.05) is 45.8 Å². The van der Waals surface area contributed by atoms with Gasteiger partial charge in [-0.05, 0) is 38.8 Å². The molecule has 3 fully saturated rings. The molecule has 2 amide bonds. The number of halogens is 1. The highest BCUT2D eigenvalue weighted by atomic mass is 35.5. The van der Waals surface area contributed by atoms with Gasteiger partial charge < -0.3 is 20.4 Å². The molecule has 1 aliphatic carbocycles. The summed E-state index contributed by atoms with van der Waals surface area (Å²) in [6, 6.07) is 0.413. The summed E-state index contributed by atoms with van der Waals surface area (Å²) in [6.07, 6.45) is 8.60. The number of nitrogens with one attached hydrogen (secondary N) is 2. The van der Waals surface area contributed by atoms with Gasteiger partial charge in [0.1, 0.15) is 0 Å². The summed E-state index contributed by atoms with van der Waals surface area (Å²) >= 11 is 0. The third-order valence-electron chi connectivity index (χ3n) is 6.02. The monoisotopic (exact) mass is 386 g/mol. The standard InChI is InChI=1S/C19H34N4O2.ClH/c24-18(23-14-9-20-10-15-23)8-13-22-11-6-16(7-12-22)19(25)21-17-4-2-1-3-5-17;/h16-17,20H,1-15H2,(H,21,25);1H. The fourth-order valence-electron chi connectivity index (χ4n) is 4.31. The van der Waals surface area contributed by atoms with E-state index in [4.69, 9.17) is 0 Å². The van der Waals surface area contributed by atoms with E-state index in [0.717, 1.165) is 71.5 Å². The summed E-state index contributed by atoms with van der Waals surface area (Å²) in [5.41, 5.74) is 0. The zero-order chi connectivity index (χ0) is 17.5. The molecular weight excluding hydrogens is 352 g/mol. The fourth-order valence-corrected chi connectivity index (χ4v) is 4.31. The SMILES string of the molecule is Cl.O=C(NC1CCCCC1)C1CCN(CCC(=O)N2CCNCC2)CC1. The van der Waals surface area contributed by atoms with Crippen molar-refractivity contribution in [3.8, 4) is 0 Å². The minimum Gasteiger partial charge on any atom is -0.353 e. The van der Waals surface area contributed by atoms with Crippen molar-refractivity contribution < 1.29 is 9.59 Å². The minimum absolute atomic E-state index is 0. The van der Waals surface area contributed by atoms with Crippen molar-refractivity contribution >= 4 is 24.2 Å². The van der Waals surface area contributed by atoms with Gasteiger partial charge in [0.05, 0.1) is 0 Å². The fraction of sp³-hybridized carbons (Fsp3) is 0.895. The Morgan fingerprint density at radius 3 is 2.23 bits per heavy atom. The van der Waals surface area contributed by atoms with Gasteiger partial charge in [0, 0.05) is 51.1 Å². The van der Waals surface area contributed by atoms with Gasteiger partial charge in [-0.1, -0.05) is 19.3 Å². The zero-order valence-corrected chi connectivity index (χ0v) is 16.7. The van der Waals surface area contributed by atoms with Crippen LogP contribution >= 0.6 is 12.4 Å². The van der Waals surface area contributed by atoms with Crippen LogP contribution in [0.15, 0.2) is 0 Å². The van der Waals surface area contributed by atoms with Gasteiger partial charge >= 0.3 is 0 Å². The van der Waals surface area contributed by atoms with Crippen molar-refractivity contribution in [1.29, 1.82) is 0 Å². The molecule has 26 heavy (non-hydrogen) atoms. The molecular formula is C19H35ClN4O2. The Kier molecular flexibility index (Phi) is 9.16. The normalized spacial score (nSPS) is 23.3. The summed E-state index contributed by atoms with van der Waals surface area (Å²) in [5.74, 6) is 0.712. The topological polar surface area (TPSA) is 64.7 Å². The van der Waals surface area contributed by atoms with E-state index in [1.165, 1.54) is 19.3 Å². The molecule has 2 saturated heterocycles. The number of likely N-dealkylation sites (tertiary alicyclic amines) is 1. The van der Waals surface area contributed by atoms with Crippen LogP contribution in [-0.2, 0) is 9.59 Å². The molecule has 0 aromatic heterocycles. The van der Waals surface area contributed by atoms with E-state index in [1.807, 2.05) is 4.90 Å². The van der Waals surface area contributed by atoms with Crippen LogP contribution in [0.1, 0.15) is 51.4 Å². The molecule has 2 N–H and O–H groups in total. The second-order valence-corrected chi connectivity index (χ2v) is 7.84. The van der Waals surface area contributed by atoms with Crippen LogP contribution in [-0.4, -0.2) is 73.5 Å². The lowest BCUT2D eigenvalue weighted by Crippen LogP contribution is -2.48. The number of carbonyl (C=O) groups is 2. The first-order valence-corrected chi connectivity index (χ1v) is 10.2. The summed E-state index contributed by atoms with van der Waals surface area (Å²) in [7, 11) is 0. The van der Waals surface area contributed by atoms with E-state index in [-0.39, 0.29) is 30.1 Å². The Labute approximate surface area is 163 Å². The molecule has 0 radical (unpaired) electrons. The Morgan fingerprint density at radius 2 is 1.58 bits per heavy atom. The highest BCUT2D eigenvalue weighted by Gasteiger charge is 2.27. The molecule has 0 atom stereocenters. The molecule has 0 unspecified atom stereocenters. The summed E-state index contributed by atoms with van der Waals surface area (Å²) < 4.78 is 0. The molecule has 2 heterocycles. The summed E-state index contributed by atoms with van der Waals surface area (Å²) in [6.45, 7) is 6.21. The first-order chi connectivity index (χ1) is 12.2. The van der Waals surface area contributed by atoms with Crippen molar-refractivity contribution in [1.82, 2.24) is 20.4 Å². The average Bonchev–Trinajstić information content (AvgIpc) is 2.68. The number of carbonyl (C=O) groups excluding carboxylic acids is 2.